The quantitative estimate of drug-likeness (QED) is 0.768. The molecule has 0 aliphatic heterocycles. The van der Waals surface area contributed by atoms with Crippen molar-refractivity contribution in [2.24, 2.45) is 5.73 Å². The summed E-state index contributed by atoms with van der Waals surface area (Å²) in [4.78, 5) is 12.3. The Hall–Kier alpha value is -1.42. The molecule has 0 unspecified atom stereocenters. The fraction of sp³-hybridized carbons (Fsp3) is 0.333. The van der Waals surface area contributed by atoms with Crippen LogP contribution in [0.3, 0.4) is 0 Å². The van der Waals surface area contributed by atoms with Crippen molar-refractivity contribution in [1.29, 1.82) is 0 Å². The predicted molar refractivity (Wildman–Crippen MR) is 67.1 cm³/mol. The number of carbonyl (C=O) groups excluding carboxylic acids is 1. The Morgan fingerprint density at radius 2 is 2.00 bits per heavy atom. The molecule has 0 heterocycles. The van der Waals surface area contributed by atoms with Crippen LogP contribution in [0, 0.1) is 0 Å². The van der Waals surface area contributed by atoms with Crippen LogP contribution in [0.5, 0.6) is 0 Å². The molecule has 3 N–H and O–H groups in total. The fourth-order valence-corrected chi connectivity index (χ4v) is 1.94. The van der Waals surface area contributed by atoms with Crippen molar-refractivity contribution in [3.05, 3.63) is 35.9 Å². The molecule has 1 aromatic carbocycles. The summed E-state index contributed by atoms with van der Waals surface area (Å²) in [6, 6.07) is 9.85. The highest BCUT2D eigenvalue weighted by Gasteiger charge is 2.50. The minimum atomic E-state index is -0.327. The second kappa shape index (κ2) is 4.22. The van der Waals surface area contributed by atoms with E-state index in [4.69, 9.17) is 18.0 Å². The van der Waals surface area contributed by atoms with E-state index in [2.05, 4.69) is 5.32 Å². The molecule has 3 nitrogen and oxygen atoms in total. The maximum absolute atomic E-state index is 12.0. The second-order valence-electron chi connectivity index (χ2n) is 4.10. The van der Waals surface area contributed by atoms with Gasteiger partial charge in [0.25, 0.3) is 0 Å². The first-order valence-electron chi connectivity index (χ1n) is 5.27. The lowest BCUT2D eigenvalue weighted by atomic mass is 9.95. The zero-order valence-corrected chi connectivity index (χ0v) is 9.72. The molecule has 1 saturated carbocycles. The minimum absolute atomic E-state index is 0.0338. The van der Waals surface area contributed by atoms with Crippen LogP contribution in [0.1, 0.15) is 18.4 Å². The zero-order valence-electron chi connectivity index (χ0n) is 8.90. The van der Waals surface area contributed by atoms with Crippen molar-refractivity contribution in [3.63, 3.8) is 0 Å². The van der Waals surface area contributed by atoms with E-state index >= 15 is 0 Å². The maximum Gasteiger partial charge on any atom is 0.231 e. The number of amides is 1. The van der Waals surface area contributed by atoms with E-state index in [1.54, 1.807) is 0 Å². The summed E-state index contributed by atoms with van der Waals surface area (Å²) < 4.78 is 0. The highest BCUT2D eigenvalue weighted by molar-refractivity contribution is 7.80. The van der Waals surface area contributed by atoms with E-state index < -0.39 is 0 Å². The summed E-state index contributed by atoms with van der Waals surface area (Å²) in [5.41, 5.74) is 6.11. The summed E-state index contributed by atoms with van der Waals surface area (Å²) in [6.07, 6.45) is 1.81. The number of hydrogen-bond acceptors (Lipinski definition) is 2. The van der Waals surface area contributed by atoms with Gasteiger partial charge in [-0.15, -0.1) is 0 Å². The average Bonchev–Trinajstić information content (AvgIpc) is 3.08. The highest BCUT2D eigenvalue weighted by atomic mass is 32.1. The first kappa shape index (κ1) is 11.1. The largest absolute Gasteiger partial charge is 0.392 e. The Kier molecular flexibility index (Phi) is 2.92. The summed E-state index contributed by atoms with van der Waals surface area (Å²) in [6.45, 7) is 0.281. The molecule has 1 amide bonds. The molecule has 0 atom stereocenters. The van der Waals surface area contributed by atoms with Gasteiger partial charge in [0.2, 0.25) is 5.91 Å². The first-order chi connectivity index (χ1) is 7.65. The smallest absolute Gasteiger partial charge is 0.231 e. The molecule has 1 aromatic rings. The third-order valence-corrected chi connectivity index (χ3v) is 3.08. The fourth-order valence-electron chi connectivity index (χ4n) is 1.87. The molecule has 0 aromatic heterocycles. The van der Waals surface area contributed by atoms with Gasteiger partial charge >= 0.3 is 0 Å². The molecular weight excluding hydrogens is 220 g/mol. The lowest BCUT2D eigenvalue weighted by molar-refractivity contribution is -0.123. The zero-order chi connectivity index (χ0) is 11.6. The van der Waals surface area contributed by atoms with Crippen LogP contribution in [0.4, 0.5) is 0 Å². The summed E-state index contributed by atoms with van der Waals surface area (Å²) in [5, 5.41) is 2.78. The topological polar surface area (TPSA) is 55.1 Å². The van der Waals surface area contributed by atoms with Crippen molar-refractivity contribution >= 4 is 23.1 Å². The third-order valence-electron chi connectivity index (χ3n) is 2.93. The van der Waals surface area contributed by atoms with Gasteiger partial charge in [0.1, 0.15) is 0 Å². The maximum atomic E-state index is 12.0. The van der Waals surface area contributed by atoms with E-state index in [1.165, 1.54) is 0 Å². The number of nitrogens with one attached hydrogen (secondary N) is 1. The third kappa shape index (κ3) is 2.07. The molecule has 1 fully saturated rings. The lowest BCUT2D eigenvalue weighted by Crippen LogP contribution is -2.39. The van der Waals surface area contributed by atoms with Crippen molar-refractivity contribution in [1.82, 2.24) is 5.32 Å². The number of rotatable bonds is 4. The van der Waals surface area contributed by atoms with Crippen LogP contribution < -0.4 is 11.1 Å². The van der Waals surface area contributed by atoms with Gasteiger partial charge in [0, 0.05) is 0 Å². The van der Waals surface area contributed by atoms with E-state index in [0.717, 1.165) is 18.4 Å². The number of benzene rings is 1. The Balaban J connectivity index is 2.09. The van der Waals surface area contributed by atoms with Crippen LogP contribution >= 0.6 is 12.2 Å². The number of carbonyl (C=O) groups is 1. The van der Waals surface area contributed by atoms with E-state index in [1.807, 2.05) is 30.3 Å². The number of nitrogens with two attached hydrogens (primary N) is 1. The number of hydrogen-bond donors (Lipinski definition) is 2. The van der Waals surface area contributed by atoms with Gasteiger partial charge in [-0.2, -0.15) is 0 Å². The molecule has 1 aliphatic rings. The van der Waals surface area contributed by atoms with Gasteiger partial charge in [0.05, 0.1) is 16.9 Å². The number of thiocarbonyl (C=S) groups is 1. The first-order valence-corrected chi connectivity index (χ1v) is 5.68. The second-order valence-corrected chi connectivity index (χ2v) is 4.62. The normalized spacial score (nSPS) is 16.5. The Labute approximate surface area is 100 Å². The predicted octanol–water partition coefficient (Wildman–Crippen LogP) is 1.12. The Morgan fingerprint density at radius 3 is 2.50 bits per heavy atom. The molecule has 4 heteroatoms. The van der Waals surface area contributed by atoms with Crippen LogP contribution in [0.2, 0.25) is 0 Å². The molecule has 0 spiro atoms. The van der Waals surface area contributed by atoms with Gasteiger partial charge < -0.3 is 11.1 Å². The summed E-state index contributed by atoms with van der Waals surface area (Å²) in [5.74, 6) is 0.0338. The summed E-state index contributed by atoms with van der Waals surface area (Å²) >= 11 is 4.74. The van der Waals surface area contributed by atoms with E-state index in [0.29, 0.717) is 4.99 Å². The summed E-state index contributed by atoms with van der Waals surface area (Å²) in [7, 11) is 0. The van der Waals surface area contributed by atoms with Crippen LogP contribution in [-0.2, 0) is 10.2 Å². The van der Waals surface area contributed by atoms with Crippen molar-refractivity contribution in [2.45, 2.75) is 18.3 Å². The monoisotopic (exact) mass is 234 g/mol. The van der Waals surface area contributed by atoms with Gasteiger partial charge in [0.15, 0.2) is 0 Å². The molecule has 1 aliphatic carbocycles. The standard InChI is InChI=1S/C12H14N2OS/c13-10(16)8-14-11(15)12(6-7-12)9-4-2-1-3-5-9/h1-5H,6-8H2,(H2,13,16)(H,14,15). The van der Waals surface area contributed by atoms with Gasteiger partial charge in [-0.25, -0.2) is 0 Å². The van der Waals surface area contributed by atoms with Crippen LogP contribution in [0.15, 0.2) is 30.3 Å². The minimum Gasteiger partial charge on any atom is -0.392 e. The molecule has 0 bridgehead atoms. The van der Waals surface area contributed by atoms with Crippen molar-refractivity contribution in [3.8, 4) is 0 Å². The molecule has 0 saturated heterocycles. The lowest BCUT2D eigenvalue weighted by Gasteiger charge is -2.15. The molecule has 84 valence electrons. The molecular formula is C12H14N2OS. The van der Waals surface area contributed by atoms with Gasteiger partial charge in [-0.3, -0.25) is 4.79 Å². The Bertz CT molecular complexity index is 412. The van der Waals surface area contributed by atoms with Crippen molar-refractivity contribution < 1.29 is 4.79 Å². The van der Waals surface area contributed by atoms with E-state index in [-0.39, 0.29) is 17.9 Å². The Morgan fingerprint density at radius 1 is 1.38 bits per heavy atom. The van der Waals surface area contributed by atoms with Crippen LogP contribution in [-0.4, -0.2) is 17.4 Å². The SMILES string of the molecule is NC(=S)CNC(=O)C1(c2ccccc2)CC1. The molecule has 16 heavy (non-hydrogen) atoms. The van der Waals surface area contributed by atoms with Crippen molar-refractivity contribution in [2.75, 3.05) is 6.54 Å². The molecule has 2 rings (SSSR count). The van der Waals surface area contributed by atoms with E-state index in [9.17, 15) is 4.79 Å². The molecule has 0 radical (unpaired) electrons. The highest BCUT2D eigenvalue weighted by Crippen LogP contribution is 2.48. The van der Waals surface area contributed by atoms with Crippen LogP contribution in [0.25, 0.3) is 0 Å². The van der Waals surface area contributed by atoms with Gasteiger partial charge in [-0.05, 0) is 18.4 Å². The van der Waals surface area contributed by atoms with Gasteiger partial charge in [-0.1, -0.05) is 42.5 Å². The average molecular weight is 234 g/mol.